The molecule has 1 N–H and O–H groups in total. The van der Waals surface area contributed by atoms with Crippen LogP contribution in [-0.2, 0) is 11.3 Å². The minimum Gasteiger partial charge on any atom is -0.456 e. The maximum Gasteiger partial charge on any atom is 0.339 e. The van der Waals surface area contributed by atoms with Crippen molar-refractivity contribution >= 4 is 22.8 Å². The fraction of sp³-hybridized carbons (Fsp3) is 0.243. The Morgan fingerprint density at radius 1 is 0.867 bits per heavy atom. The summed E-state index contributed by atoms with van der Waals surface area (Å²) < 4.78 is 49.1. The molecule has 1 aromatic heterocycles. The van der Waals surface area contributed by atoms with Crippen LogP contribution in [0.2, 0.25) is 0 Å². The zero-order valence-electron chi connectivity index (χ0n) is 26.1. The number of esters is 1. The lowest BCUT2D eigenvalue weighted by molar-refractivity contribution is 0.00703. The van der Waals surface area contributed by atoms with Gasteiger partial charge in [-0.2, -0.15) is 0 Å². The first-order chi connectivity index (χ1) is 21.2. The van der Waals surface area contributed by atoms with E-state index in [1.165, 1.54) is 6.92 Å². The molecule has 8 heteroatoms. The van der Waals surface area contributed by atoms with Crippen molar-refractivity contribution in [2.45, 2.75) is 59.7 Å². The zero-order valence-corrected chi connectivity index (χ0v) is 26.1. The van der Waals surface area contributed by atoms with E-state index in [0.29, 0.717) is 23.7 Å². The molecule has 0 aliphatic rings. The van der Waals surface area contributed by atoms with Crippen LogP contribution in [0.1, 0.15) is 76.8 Å². The Kier molecular flexibility index (Phi) is 8.61. The fourth-order valence-corrected chi connectivity index (χ4v) is 5.44. The van der Waals surface area contributed by atoms with Crippen molar-refractivity contribution in [3.05, 3.63) is 130 Å². The number of hydrogen-bond donors (Lipinski definition) is 1. The van der Waals surface area contributed by atoms with Crippen LogP contribution in [0.3, 0.4) is 0 Å². The first kappa shape index (κ1) is 31.6. The standard InChI is InChI=1S/C37H35F3N2O3/c1-21-23(3)42(20-24-11-13-25(14-12-24)27-9-7-8-10-28(27)36(44)45-37(4,5)6)34-16-15-26(17-29(21)34)35(43)41-22(2)30-18-32(39)33(40)19-31(30)38/h7-19,22H,20H2,1-6H3,(H,41,43). The number of carbonyl (C=O) groups excluding carboxylic acids is 2. The predicted octanol–water partition coefficient (Wildman–Crippen LogP) is 8.84. The Morgan fingerprint density at radius 3 is 2.22 bits per heavy atom. The van der Waals surface area contributed by atoms with Crippen molar-refractivity contribution in [2.75, 3.05) is 0 Å². The van der Waals surface area contributed by atoms with Gasteiger partial charge in [-0.05, 0) is 94.1 Å². The third-order valence-corrected chi connectivity index (χ3v) is 7.91. The van der Waals surface area contributed by atoms with Gasteiger partial charge in [-0.25, -0.2) is 18.0 Å². The van der Waals surface area contributed by atoms with E-state index >= 15 is 0 Å². The van der Waals surface area contributed by atoms with Crippen molar-refractivity contribution in [2.24, 2.45) is 0 Å². The van der Waals surface area contributed by atoms with E-state index in [4.69, 9.17) is 4.74 Å². The summed E-state index contributed by atoms with van der Waals surface area (Å²) in [6, 6.07) is 21.1. The number of fused-ring (bicyclic) bond motifs is 1. The number of nitrogens with one attached hydrogen (secondary N) is 1. The Balaban J connectivity index is 1.37. The summed E-state index contributed by atoms with van der Waals surface area (Å²) in [5, 5.41) is 3.58. The molecule has 0 fully saturated rings. The van der Waals surface area contributed by atoms with Gasteiger partial charge in [0.1, 0.15) is 11.4 Å². The number of aryl methyl sites for hydroxylation is 1. The number of aromatic nitrogens is 1. The Bertz CT molecular complexity index is 1920. The van der Waals surface area contributed by atoms with Crippen LogP contribution in [0.4, 0.5) is 13.2 Å². The maximum atomic E-state index is 14.3. The summed E-state index contributed by atoms with van der Waals surface area (Å²) >= 11 is 0. The summed E-state index contributed by atoms with van der Waals surface area (Å²) in [6.07, 6.45) is 0. The third kappa shape index (κ3) is 6.65. The molecule has 1 atom stereocenters. The number of ether oxygens (including phenoxy) is 1. The highest BCUT2D eigenvalue weighted by Crippen LogP contribution is 2.30. The van der Waals surface area contributed by atoms with Crippen LogP contribution in [-0.4, -0.2) is 22.0 Å². The molecule has 0 saturated heterocycles. The molecule has 4 aromatic carbocycles. The summed E-state index contributed by atoms with van der Waals surface area (Å²) in [5.41, 5.74) is 5.89. The van der Waals surface area contributed by atoms with Gasteiger partial charge in [0.15, 0.2) is 11.6 Å². The van der Waals surface area contributed by atoms with Gasteiger partial charge in [0.05, 0.1) is 11.6 Å². The van der Waals surface area contributed by atoms with Crippen molar-refractivity contribution in [3.63, 3.8) is 0 Å². The van der Waals surface area contributed by atoms with Gasteiger partial charge in [-0.3, -0.25) is 4.79 Å². The van der Waals surface area contributed by atoms with E-state index in [1.54, 1.807) is 18.2 Å². The molecule has 0 aliphatic carbocycles. The van der Waals surface area contributed by atoms with Gasteiger partial charge in [-0.1, -0.05) is 42.5 Å². The van der Waals surface area contributed by atoms with Gasteiger partial charge in [0.25, 0.3) is 5.91 Å². The predicted molar refractivity (Wildman–Crippen MR) is 170 cm³/mol. The lowest BCUT2D eigenvalue weighted by Gasteiger charge is -2.20. The van der Waals surface area contributed by atoms with Crippen molar-refractivity contribution < 1.29 is 27.5 Å². The highest BCUT2D eigenvalue weighted by Gasteiger charge is 2.22. The monoisotopic (exact) mass is 612 g/mol. The molecular weight excluding hydrogens is 577 g/mol. The van der Waals surface area contributed by atoms with Crippen molar-refractivity contribution in [1.29, 1.82) is 0 Å². The first-order valence-corrected chi connectivity index (χ1v) is 14.7. The molecular formula is C37H35F3N2O3. The number of carbonyl (C=O) groups is 2. The molecule has 0 aliphatic heterocycles. The second kappa shape index (κ2) is 12.3. The Morgan fingerprint density at radius 2 is 1.53 bits per heavy atom. The number of nitrogens with zero attached hydrogens (tertiary/aromatic N) is 1. The fourth-order valence-electron chi connectivity index (χ4n) is 5.44. The third-order valence-electron chi connectivity index (χ3n) is 7.91. The molecule has 0 spiro atoms. The second-order valence-electron chi connectivity index (χ2n) is 12.3. The molecule has 232 valence electrons. The molecule has 0 bridgehead atoms. The minimum absolute atomic E-state index is 0.138. The van der Waals surface area contributed by atoms with Crippen molar-refractivity contribution in [3.8, 4) is 11.1 Å². The lowest BCUT2D eigenvalue weighted by Crippen LogP contribution is -2.27. The lowest BCUT2D eigenvalue weighted by atomic mass is 9.98. The van der Waals surface area contributed by atoms with E-state index in [9.17, 15) is 22.8 Å². The molecule has 5 aromatic rings. The molecule has 5 nitrogen and oxygen atoms in total. The number of rotatable bonds is 7. The number of hydrogen-bond acceptors (Lipinski definition) is 3. The number of amides is 1. The minimum atomic E-state index is -1.28. The van der Waals surface area contributed by atoms with E-state index in [0.717, 1.165) is 44.9 Å². The van der Waals surface area contributed by atoms with Gasteiger partial charge in [0, 0.05) is 40.3 Å². The van der Waals surface area contributed by atoms with E-state index in [1.807, 2.05) is 83.1 Å². The quantitative estimate of drug-likeness (QED) is 0.148. The van der Waals surface area contributed by atoms with Crippen LogP contribution in [0, 0.1) is 31.3 Å². The SMILES string of the molecule is Cc1c(C)n(Cc2ccc(-c3ccccc3C(=O)OC(C)(C)C)cc2)c2ccc(C(=O)NC(C)c3cc(F)c(F)cc3F)cc12. The Labute approximate surface area is 260 Å². The number of halogens is 3. The molecule has 0 saturated carbocycles. The molecule has 1 amide bonds. The van der Waals surface area contributed by atoms with Crippen molar-refractivity contribution in [1.82, 2.24) is 9.88 Å². The zero-order chi connectivity index (χ0) is 32.6. The van der Waals surface area contributed by atoms with Gasteiger partial charge in [0.2, 0.25) is 0 Å². The van der Waals surface area contributed by atoms with Crippen LogP contribution in [0.5, 0.6) is 0 Å². The largest absolute Gasteiger partial charge is 0.456 e. The highest BCUT2D eigenvalue weighted by molar-refractivity contribution is 5.99. The van der Waals surface area contributed by atoms with Gasteiger partial charge in [-0.15, -0.1) is 0 Å². The Hall–Kier alpha value is -4.85. The van der Waals surface area contributed by atoms with Crippen LogP contribution >= 0.6 is 0 Å². The molecule has 1 unspecified atom stereocenters. The molecule has 0 radical (unpaired) electrons. The maximum absolute atomic E-state index is 14.3. The first-order valence-electron chi connectivity index (χ1n) is 14.7. The molecule has 5 rings (SSSR count). The second-order valence-corrected chi connectivity index (χ2v) is 12.3. The summed E-state index contributed by atoms with van der Waals surface area (Å²) in [4.78, 5) is 25.9. The molecule has 45 heavy (non-hydrogen) atoms. The van der Waals surface area contributed by atoms with Crippen LogP contribution in [0.15, 0.2) is 78.9 Å². The summed E-state index contributed by atoms with van der Waals surface area (Å²) in [7, 11) is 0. The van der Waals surface area contributed by atoms with Crippen LogP contribution < -0.4 is 5.32 Å². The smallest absolute Gasteiger partial charge is 0.339 e. The summed E-state index contributed by atoms with van der Waals surface area (Å²) in [6.45, 7) is 11.6. The van der Waals surface area contributed by atoms with Gasteiger partial charge >= 0.3 is 5.97 Å². The van der Waals surface area contributed by atoms with E-state index < -0.39 is 35.0 Å². The topological polar surface area (TPSA) is 60.3 Å². The summed E-state index contributed by atoms with van der Waals surface area (Å²) in [5.74, 6) is -4.22. The normalized spacial score (nSPS) is 12.3. The average molecular weight is 613 g/mol. The number of benzene rings is 4. The van der Waals surface area contributed by atoms with Gasteiger partial charge < -0.3 is 14.6 Å². The average Bonchev–Trinajstić information content (AvgIpc) is 3.22. The highest BCUT2D eigenvalue weighted by atomic mass is 19.2. The molecule has 1 heterocycles. The van der Waals surface area contributed by atoms with E-state index in [2.05, 4.69) is 9.88 Å². The van der Waals surface area contributed by atoms with E-state index in [-0.39, 0.29) is 11.5 Å². The van der Waals surface area contributed by atoms with Crippen LogP contribution in [0.25, 0.3) is 22.0 Å².